The van der Waals surface area contributed by atoms with Crippen molar-refractivity contribution in [1.82, 2.24) is 0 Å². The highest BCUT2D eigenvalue weighted by molar-refractivity contribution is 5.70. The monoisotopic (exact) mass is 384 g/mol. The zero-order valence-corrected chi connectivity index (χ0v) is 16.6. The smallest absolute Gasteiger partial charge is 0.306 e. The fourth-order valence-corrected chi connectivity index (χ4v) is 3.71. The Morgan fingerprint density at radius 1 is 0.667 bits per heavy atom. The van der Waals surface area contributed by atoms with Crippen molar-refractivity contribution in [1.29, 1.82) is 0 Å². The van der Waals surface area contributed by atoms with E-state index in [4.69, 9.17) is 18.9 Å². The molecule has 2 fully saturated rings. The molecule has 0 N–H and O–H groups in total. The topological polar surface area (TPSA) is 71.1 Å². The summed E-state index contributed by atoms with van der Waals surface area (Å²) in [4.78, 5) is 22.4. The van der Waals surface area contributed by atoms with Crippen LogP contribution in [0.15, 0.2) is 0 Å². The number of carbonyl (C=O) groups is 2. The molecule has 2 rings (SSSR count). The number of carbonyl (C=O) groups excluding carboxylic acids is 2. The molecule has 156 valence electrons. The molecule has 27 heavy (non-hydrogen) atoms. The summed E-state index contributed by atoms with van der Waals surface area (Å²) in [7, 11) is 0. The maximum absolute atomic E-state index is 11.2. The first-order valence-electron chi connectivity index (χ1n) is 10.7. The van der Waals surface area contributed by atoms with E-state index in [1.807, 2.05) is 0 Å². The highest BCUT2D eigenvalue weighted by Gasteiger charge is 2.20. The van der Waals surface area contributed by atoms with E-state index in [1.54, 1.807) is 0 Å². The first-order chi connectivity index (χ1) is 13.2. The van der Waals surface area contributed by atoms with Gasteiger partial charge in [-0.05, 0) is 56.8 Å². The van der Waals surface area contributed by atoms with E-state index >= 15 is 0 Å². The molecule has 2 atom stereocenters. The Labute approximate surface area is 163 Å². The van der Waals surface area contributed by atoms with Crippen LogP contribution in [-0.2, 0) is 28.5 Å². The van der Waals surface area contributed by atoms with Crippen LogP contribution >= 0.6 is 0 Å². The predicted octanol–water partition coefficient (Wildman–Crippen LogP) is 3.66. The number of hydrogen-bond donors (Lipinski definition) is 0. The van der Waals surface area contributed by atoms with E-state index in [-0.39, 0.29) is 11.9 Å². The molecule has 2 aliphatic rings. The van der Waals surface area contributed by atoms with Gasteiger partial charge in [0.2, 0.25) is 0 Å². The van der Waals surface area contributed by atoms with Crippen molar-refractivity contribution in [2.24, 2.45) is 11.8 Å². The van der Waals surface area contributed by atoms with Gasteiger partial charge in [0.25, 0.3) is 0 Å². The molecule has 0 saturated carbocycles. The second-order valence-corrected chi connectivity index (χ2v) is 7.73. The lowest BCUT2D eigenvalue weighted by Crippen LogP contribution is -2.20. The lowest BCUT2D eigenvalue weighted by molar-refractivity contribution is -0.150. The lowest BCUT2D eigenvalue weighted by Gasteiger charge is -2.20. The van der Waals surface area contributed by atoms with Gasteiger partial charge >= 0.3 is 11.9 Å². The fraction of sp³-hybridized carbons (Fsp3) is 0.905. The van der Waals surface area contributed by atoms with Crippen molar-refractivity contribution >= 4 is 11.9 Å². The quantitative estimate of drug-likeness (QED) is 0.336. The SMILES string of the molecule is O=C1CC(CCCCOCCCOCCCCC2CCOC(=O)C2)CCO1. The zero-order valence-electron chi connectivity index (χ0n) is 16.6. The third-order valence-corrected chi connectivity index (χ3v) is 5.37. The van der Waals surface area contributed by atoms with Crippen LogP contribution in [0.2, 0.25) is 0 Å². The van der Waals surface area contributed by atoms with Gasteiger partial charge in [0.05, 0.1) is 13.2 Å². The summed E-state index contributed by atoms with van der Waals surface area (Å²) in [6.45, 7) is 4.27. The summed E-state index contributed by atoms with van der Waals surface area (Å²) in [6, 6.07) is 0. The summed E-state index contributed by atoms with van der Waals surface area (Å²) in [6.07, 6.45) is 10.7. The Morgan fingerprint density at radius 3 is 1.56 bits per heavy atom. The van der Waals surface area contributed by atoms with E-state index in [0.29, 0.717) is 37.9 Å². The molecule has 0 spiro atoms. The van der Waals surface area contributed by atoms with E-state index in [9.17, 15) is 9.59 Å². The van der Waals surface area contributed by atoms with Crippen molar-refractivity contribution in [2.45, 2.75) is 70.6 Å². The standard InChI is InChI=1S/C21H36O6/c22-20-16-18(8-14-26-20)6-1-3-10-24-12-5-13-25-11-4-2-7-19-9-15-27-21(23)17-19/h18-19H,1-17H2. The molecule has 0 aromatic rings. The highest BCUT2D eigenvalue weighted by Crippen LogP contribution is 2.22. The van der Waals surface area contributed by atoms with Gasteiger partial charge in [0.15, 0.2) is 0 Å². The number of cyclic esters (lactones) is 2. The second kappa shape index (κ2) is 13.9. The van der Waals surface area contributed by atoms with Gasteiger partial charge in [-0.2, -0.15) is 0 Å². The summed E-state index contributed by atoms with van der Waals surface area (Å²) >= 11 is 0. The number of rotatable bonds is 14. The molecule has 0 bridgehead atoms. The van der Waals surface area contributed by atoms with Crippen LogP contribution < -0.4 is 0 Å². The van der Waals surface area contributed by atoms with Crippen LogP contribution in [0.4, 0.5) is 0 Å². The molecule has 0 radical (unpaired) electrons. The van der Waals surface area contributed by atoms with Crippen LogP contribution in [-0.4, -0.2) is 51.6 Å². The predicted molar refractivity (Wildman–Crippen MR) is 101 cm³/mol. The Bertz CT molecular complexity index is 387. The summed E-state index contributed by atoms with van der Waals surface area (Å²) in [5.74, 6) is 0.931. The van der Waals surface area contributed by atoms with E-state index in [0.717, 1.165) is 84.2 Å². The van der Waals surface area contributed by atoms with Crippen LogP contribution in [0.25, 0.3) is 0 Å². The maximum atomic E-state index is 11.2. The fourth-order valence-electron chi connectivity index (χ4n) is 3.71. The van der Waals surface area contributed by atoms with Gasteiger partial charge in [0.1, 0.15) is 0 Å². The largest absolute Gasteiger partial charge is 0.466 e. The maximum Gasteiger partial charge on any atom is 0.306 e. The van der Waals surface area contributed by atoms with Crippen LogP contribution in [0.1, 0.15) is 70.6 Å². The molecule has 0 aromatic carbocycles. The third kappa shape index (κ3) is 10.7. The van der Waals surface area contributed by atoms with E-state index in [2.05, 4.69) is 0 Å². The van der Waals surface area contributed by atoms with Crippen LogP contribution in [0.5, 0.6) is 0 Å². The molecule has 0 amide bonds. The minimum atomic E-state index is -0.0406. The molecule has 2 heterocycles. The van der Waals surface area contributed by atoms with Crippen molar-refractivity contribution in [3.05, 3.63) is 0 Å². The normalized spacial score (nSPS) is 23.1. The molecule has 0 aliphatic carbocycles. The first kappa shape index (κ1) is 22.2. The minimum Gasteiger partial charge on any atom is -0.466 e. The molecule has 6 heteroatoms. The van der Waals surface area contributed by atoms with Gasteiger partial charge in [0, 0.05) is 39.3 Å². The van der Waals surface area contributed by atoms with Gasteiger partial charge < -0.3 is 18.9 Å². The zero-order chi connectivity index (χ0) is 19.2. The number of esters is 2. The second-order valence-electron chi connectivity index (χ2n) is 7.73. The average molecular weight is 385 g/mol. The Hall–Kier alpha value is -1.14. The minimum absolute atomic E-state index is 0.0406. The Morgan fingerprint density at radius 2 is 1.11 bits per heavy atom. The number of unbranched alkanes of at least 4 members (excludes halogenated alkanes) is 2. The van der Waals surface area contributed by atoms with Crippen molar-refractivity contribution in [2.75, 3.05) is 39.6 Å². The summed E-state index contributed by atoms with van der Waals surface area (Å²) in [5.41, 5.74) is 0. The lowest BCUT2D eigenvalue weighted by atomic mass is 9.94. The van der Waals surface area contributed by atoms with Gasteiger partial charge in [-0.15, -0.1) is 0 Å². The molecule has 2 saturated heterocycles. The number of hydrogen-bond acceptors (Lipinski definition) is 6. The van der Waals surface area contributed by atoms with Crippen LogP contribution in [0, 0.1) is 11.8 Å². The van der Waals surface area contributed by atoms with E-state index < -0.39 is 0 Å². The van der Waals surface area contributed by atoms with E-state index in [1.165, 1.54) is 0 Å². The van der Waals surface area contributed by atoms with Gasteiger partial charge in [-0.25, -0.2) is 0 Å². The molecular weight excluding hydrogens is 348 g/mol. The van der Waals surface area contributed by atoms with Gasteiger partial charge in [-0.1, -0.05) is 12.8 Å². The van der Waals surface area contributed by atoms with Crippen LogP contribution in [0.3, 0.4) is 0 Å². The summed E-state index contributed by atoms with van der Waals surface area (Å²) < 4.78 is 21.2. The molecule has 0 aromatic heterocycles. The Balaban J connectivity index is 1.27. The van der Waals surface area contributed by atoms with Crippen molar-refractivity contribution < 1.29 is 28.5 Å². The molecule has 2 aliphatic heterocycles. The molecule has 2 unspecified atom stereocenters. The molecule has 6 nitrogen and oxygen atoms in total. The Kier molecular flexibility index (Phi) is 11.4. The van der Waals surface area contributed by atoms with Crippen molar-refractivity contribution in [3.8, 4) is 0 Å². The molecular formula is C21H36O6. The first-order valence-corrected chi connectivity index (χ1v) is 10.7. The van der Waals surface area contributed by atoms with Crippen molar-refractivity contribution in [3.63, 3.8) is 0 Å². The third-order valence-electron chi connectivity index (χ3n) is 5.37. The average Bonchev–Trinajstić information content (AvgIpc) is 2.65. The summed E-state index contributed by atoms with van der Waals surface area (Å²) in [5, 5.41) is 0. The van der Waals surface area contributed by atoms with Gasteiger partial charge in [-0.3, -0.25) is 9.59 Å². The number of ether oxygens (including phenoxy) is 4. The highest BCUT2D eigenvalue weighted by atomic mass is 16.5.